The first kappa shape index (κ1) is 11.2. The van der Waals surface area contributed by atoms with Gasteiger partial charge in [0.1, 0.15) is 5.75 Å². The van der Waals surface area contributed by atoms with Crippen molar-refractivity contribution in [2.45, 2.75) is 39.0 Å². The third-order valence-electron chi connectivity index (χ3n) is 3.53. The summed E-state index contributed by atoms with van der Waals surface area (Å²) in [5.74, 6) is 0.946. The van der Waals surface area contributed by atoms with Gasteiger partial charge in [0.25, 0.3) is 0 Å². The zero-order valence-corrected chi connectivity index (χ0v) is 10.2. The van der Waals surface area contributed by atoms with E-state index in [0.717, 1.165) is 17.7 Å². The van der Waals surface area contributed by atoms with Crippen LogP contribution in [0.1, 0.15) is 49.5 Å². The second-order valence-electron chi connectivity index (χ2n) is 4.97. The quantitative estimate of drug-likeness (QED) is 0.761. The number of carbonyl (C=O) groups is 1. The largest absolute Gasteiger partial charge is 0.492 e. The molecule has 1 aromatic rings. The van der Waals surface area contributed by atoms with Crippen LogP contribution in [0.5, 0.6) is 5.75 Å². The summed E-state index contributed by atoms with van der Waals surface area (Å²) in [6.45, 7) is 7.08. The molecule has 16 heavy (non-hydrogen) atoms. The van der Waals surface area contributed by atoms with Crippen molar-refractivity contribution >= 4 is 5.78 Å². The van der Waals surface area contributed by atoms with E-state index in [0.29, 0.717) is 13.0 Å². The van der Waals surface area contributed by atoms with Crippen molar-refractivity contribution in [3.63, 3.8) is 0 Å². The van der Waals surface area contributed by atoms with Gasteiger partial charge in [-0.05, 0) is 29.5 Å². The predicted octanol–water partition coefficient (Wildman–Crippen LogP) is 3.34. The Bertz CT molecular complexity index is 419. The summed E-state index contributed by atoms with van der Waals surface area (Å²) in [6, 6.07) is 6.00. The number of ketones is 1. The second kappa shape index (κ2) is 3.93. The van der Waals surface area contributed by atoms with Crippen LogP contribution in [-0.2, 0) is 5.41 Å². The van der Waals surface area contributed by atoms with Crippen LogP contribution in [0, 0.1) is 0 Å². The van der Waals surface area contributed by atoms with E-state index in [1.807, 2.05) is 12.1 Å². The first-order chi connectivity index (χ1) is 7.54. The van der Waals surface area contributed by atoms with Crippen molar-refractivity contribution in [1.82, 2.24) is 0 Å². The molecule has 0 radical (unpaired) electrons. The lowest BCUT2D eigenvalue weighted by atomic mass is 9.81. The van der Waals surface area contributed by atoms with Gasteiger partial charge in [-0.2, -0.15) is 0 Å². The lowest BCUT2D eigenvalue weighted by Gasteiger charge is -2.25. The number of Topliss-reactive ketones (excluding diaryl/α,β-unsaturated/α-hetero) is 1. The zero-order valence-electron chi connectivity index (χ0n) is 10.2. The molecule has 1 aromatic carbocycles. The van der Waals surface area contributed by atoms with Gasteiger partial charge in [0.05, 0.1) is 12.2 Å². The van der Waals surface area contributed by atoms with E-state index in [4.69, 9.17) is 4.74 Å². The van der Waals surface area contributed by atoms with E-state index >= 15 is 0 Å². The van der Waals surface area contributed by atoms with Crippen LogP contribution in [0.25, 0.3) is 0 Å². The standard InChI is InChI=1S/C14H18O2/c1-4-14(2,3)10-5-6-13-11(9-10)12(15)7-8-16-13/h5-6,9H,4,7-8H2,1-3H3. The minimum Gasteiger partial charge on any atom is -0.492 e. The van der Waals surface area contributed by atoms with E-state index in [-0.39, 0.29) is 11.2 Å². The molecule has 2 nitrogen and oxygen atoms in total. The summed E-state index contributed by atoms with van der Waals surface area (Å²) >= 11 is 0. The highest BCUT2D eigenvalue weighted by atomic mass is 16.5. The van der Waals surface area contributed by atoms with E-state index in [9.17, 15) is 4.79 Å². The molecule has 2 rings (SSSR count). The molecule has 0 N–H and O–H groups in total. The molecule has 0 amide bonds. The van der Waals surface area contributed by atoms with E-state index < -0.39 is 0 Å². The minimum atomic E-state index is 0.118. The SMILES string of the molecule is CCC(C)(C)c1ccc2c(c1)C(=O)CCO2. The van der Waals surface area contributed by atoms with Crippen molar-refractivity contribution < 1.29 is 9.53 Å². The third-order valence-corrected chi connectivity index (χ3v) is 3.53. The number of hydrogen-bond donors (Lipinski definition) is 0. The summed E-state index contributed by atoms with van der Waals surface area (Å²) in [4.78, 5) is 11.8. The fourth-order valence-corrected chi connectivity index (χ4v) is 1.89. The van der Waals surface area contributed by atoms with Crippen molar-refractivity contribution in [2.75, 3.05) is 6.61 Å². The van der Waals surface area contributed by atoms with Crippen molar-refractivity contribution in [3.05, 3.63) is 29.3 Å². The highest BCUT2D eigenvalue weighted by Crippen LogP contribution is 2.32. The van der Waals surface area contributed by atoms with Gasteiger partial charge in [0.15, 0.2) is 5.78 Å². The Kier molecular flexibility index (Phi) is 2.75. The van der Waals surface area contributed by atoms with Crippen LogP contribution in [0.15, 0.2) is 18.2 Å². The first-order valence-electron chi connectivity index (χ1n) is 5.85. The Morgan fingerprint density at radius 1 is 1.38 bits per heavy atom. The molecule has 0 spiro atoms. The molecule has 0 fully saturated rings. The molecule has 0 saturated heterocycles. The lowest BCUT2D eigenvalue weighted by Crippen LogP contribution is -2.19. The number of ether oxygens (including phenoxy) is 1. The summed E-state index contributed by atoms with van der Waals surface area (Å²) in [7, 11) is 0. The Labute approximate surface area is 96.6 Å². The number of benzene rings is 1. The summed E-state index contributed by atoms with van der Waals surface area (Å²) in [5.41, 5.74) is 2.09. The maximum Gasteiger partial charge on any atom is 0.170 e. The average Bonchev–Trinajstić information content (AvgIpc) is 2.29. The monoisotopic (exact) mass is 218 g/mol. The fourth-order valence-electron chi connectivity index (χ4n) is 1.89. The van der Waals surface area contributed by atoms with Crippen LogP contribution in [0.4, 0.5) is 0 Å². The highest BCUT2D eigenvalue weighted by Gasteiger charge is 2.23. The van der Waals surface area contributed by atoms with Crippen molar-refractivity contribution in [2.24, 2.45) is 0 Å². The second-order valence-corrected chi connectivity index (χ2v) is 4.97. The molecule has 0 aromatic heterocycles. The van der Waals surface area contributed by atoms with Gasteiger partial charge in [0.2, 0.25) is 0 Å². The van der Waals surface area contributed by atoms with Gasteiger partial charge >= 0.3 is 0 Å². The summed E-state index contributed by atoms with van der Waals surface area (Å²) < 4.78 is 5.47. The van der Waals surface area contributed by atoms with Crippen molar-refractivity contribution in [3.8, 4) is 5.75 Å². The fraction of sp³-hybridized carbons (Fsp3) is 0.500. The molecular weight excluding hydrogens is 200 g/mol. The van der Waals surface area contributed by atoms with Crippen molar-refractivity contribution in [1.29, 1.82) is 0 Å². The maximum atomic E-state index is 11.8. The van der Waals surface area contributed by atoms with Gasteiger partial charge in [-0.3, -0.25) is 4.79 Å². The average molecular weight is 218 g/mol. The van der Waals surface area contributed by atoms with E-state index in [1.165, 1.54) is 5.56 Å². The van der Waals surface area contributed by atoms with Gasteiger partial charge < -0.3 is 4.74 Å². The number of hydrogen-bond acceptors (Lipinski definition) is 2. The Hall–Kier alpha value is -1.31. The number of rotatable bonds is 2. The van der Waals surface area contributed by atoms with Gasteiger partial charge in [-0.15, -0.1) is 0 Å². The molecule has 0 aliphatic carbocycles. The Morgan fingerprint density at radius 2 is 2.12 bits per heavy atom. The topological polar surface area (TPSA) is 26.3 Å². The smallest absolute Gasteiger partial charge is 0.170 e. The van der Waals surface area contributed by atoms with Crippen LogP contribution in [0.2, 0.25) is 0 Å². The predicted molar refractivity (Wildman–Crippen MR) is 64.2 cm³/mol. The zero-order chi connectivity index (χ0) is 11.8. The third kappa shape index (κ3) is 1.84. The molecule has 1 heterocycles. The summed E-state index contributed by atoms with van der Waals surface area (Å²) in [6.07, 6.45) is 1.56. The molecule has 1 aliphatic rings. The van der Waals surface area contributed by atoms with E-state index in [2.05, 4.69) is 26.8 Å². The first-order valence-corrected chi connectivity index (χ1v) is 5.85. The van der Waals surface area contributed by atoms with Crippen LogP contribution in [0.3, 0.4) is 0 Å². The minimum absolute atomic E-state index is 0.118. The van der Waals surface area contributed by atoms with Gasteiger partial charge in [-0.25, -0.2) is 0 Å². The van der Waals surface area contributed by atoms with Gasteiger partial charge in [-0.1, -0.05) is 26.8 Å². The molecule has 1 aliphatic heterocycles. The molecular formula is C14H18O2. The summed E-state index contributed by atoms with van der Waals surface area (Å²) in [5, 5.41) is 0. The number of carbonyl (C=O) groups excluding carboxylic acids is 1. The molecule has 0 bridgehead atoms. The Balaban J connectivity index is 2.45. The molecule has 2 heteroatoms. The van der Waals surface area contributed by atoms with Gasteiger partial charge in [0, 0.05) is 6.42 Å². The molecule has 86 valence electrons. The van der Waals surface area contributed by atoms with E-state index in [1.54, 1.807) is 0 Å². The van der Waals surface area contributed by atoms with Crippen LogP contribution >= 0.6 is 0 Å². The molecule has 0 atom stereocenters. The van der Waals surface area contributed by atoms with Crippen LogP contribution in [-0.4, -0.2) is 12.4 Å². The highest BCUT2D eigenvalue weighted by molar-refractivity contribution is 5.99. The lowest BCUT2D eigenvalue weighted by molar-refractivity contribution is 0.0933. The Morgan fingerprint density at radius 3 is 2.81 bits per heavy atom. The molecule has 0 saturated carbocycles. The molecule has 0 unspecified atom stereocenters. The maximum absolute atomic E-state index is 11.8. The normalized spacial score (nSPS) is 15.6. The van der Waals surface area contributed by atoms with Crippen LogP contribution < -0.4 is 4.74 Å². The number of fused-ring (bicyclic) bond motifs is 1.